The van der Waals surface area contributed by atoms with Crippen LogP contribution in [0, 0.1) is 0 Å². The lowest BCUT2D eigenvalue weighted by Gasteiger charge is -2.23. The van der Waals surface area contributed by atoms with Crippen molar-refractivity contribution in [3.05, 3.63) is 0 Å². The Morgan fingerprint density at radius 3 is 0.407 bits per heavy atom. The molecule has 0 fully saturated rings. The van der Waals surface area contributed by atoms with Crippen LogP contribution in [-0.2, 0) is 0 Å². The first-order chi connectivity index (χ1) is 25.1. The Bertz CT molecular complexity index is 573. The zero-order valence-electron chi connectivity index (χ0n) is 39.3. The molecule has 0 N–H and O–H groups in total. The second-order valence-corrected chi connectivity index (χ2v) is 19.5. The zero-order chi connectivity index (χ0) is 38.7. The monoisotopic (exact) mass is 807 g/mol. The third-order valence-electron chi connectivity index (χ3n) is 11.4. The Balaban J connectivity index is -0.000000446. The topological polar surface area (TPSA) is 0 Å². The van der Waals surface area contributed by atoms with Crippen molar-refractivity contribution in [3.63, 3.8) is 0 Å². The van der Waals surface area contributed by atoms with Gasteiger partial charge >= 0.3 is 0 Å². The molecule has 0 atom stereocenters. The fourth-order valence-electron chi connectivity index (χ4n) is 7.68. The van der Waals surface area contributed by atoms with E-state index >= 15 is 0 Å². The van der Waals surface area contributed by atoms with Gasteiger partial charge in [-0.3, -0.25) is 0 Å². The van der Waals surface area contributed by atoms with Crippen molar-refractivity contribution in [2.45, 2.75) is 271 Å². The summed E-state index contributed by atoms with van der Waals surface area (Å²) in [7, 11) is 13.8. The molecular formula is C50H108Cl2N2. The number of quaternary nitrogens is 2. The van der Waals surface area contributed by atoms with Crippen LogP contribution in [0.5, 0.6) is 0 Å². The molecule has 0 saturated carbocycles. The van der Waals surface area contributed by atoms with Crippen LogP contribution < -0.4 is 24.8 Å². The molecule has 2 nitrogen and oxygen atoms in total. The third-order valence-corrected chi connectivity index (χ3v) is 11.4. The number of rotatable bonds is 42. The molecule has 0 amide bonds. The minimum atomic E-state index is 0. The number of hydrogen-bond acceptors (Lipinski definition) is 0. The average Bonchev–Trinajstić information content (AvgIpc) is 3.09. The molecule has 0 aliphatic rings. The van der Waals surface area contributed by atoms with Crippen LogP contribution in [0.25, 0.3) is 0 Å². The smallest absolute Gasteiger partial charge is 0.0780 e. The van der Waals surface area contributed by atoms with Crippen LogP contribution in [0.1, 0.15) is 271 Å². The van der Waals surface area contributed by atoms with Gasteiger partial charge in [0.15, 0.2) is 0 Å². The van der Waals surface area contributed by atoms with Gasteiger partial charge in [0.2, 0.25) is 0 Å². The second-order valence-electron chi connectivity index (χ2n) is 19.5. The van der Waals surface area contributed by atoms with Crippen LogP contribution in [-0.4, -0.2) is 64.3 Å². The van der Waals surface area contributed by atoms with Crippen LogP contribution in [0.2, 0.25) is 0 Å². The number of halogens is 2. The summed E-state index contributed by atoms with van der Waals surface area (Å²) in [6, 6.07) is 0. The Morgan fingerprint density at radius 2 is 0.296 bits per heavy atom. The summed E-state index contributed by atoms with van der Waals surface area (Å²) in [5.74, 6) is 0. The molecule has 0 aromatic rings. The molecule has 0 spiro atoms. The quantitative estimate of drug-likeness (QED) is 0.0426. The van der Waals surface area contributed by atoms with Gasteiger partial charge in [-0.05, 0) is 25.7 Å². The highest BCUT2D eigenvalue weighted by Gasteiger charge is 2.06. The Labute approximate surface area is 358 Å². The first-order valence-electron chi connectivity index (χ1n) is 24.7. The fourth-order valence-corrected chi connectivity index (χ4v) is 7.68. The second kappa shape index (κ2) is 49.6. The van der Waals surface area contributed by atoms with Crippen molar-refractivity contribution in [2.75, 3.05) is 55.4 Å². The Hall–Kier alpha value is 0.500. The van der Waals surface area contributed by atoms with Crippen molar-refractivity contribution < 1.29 is 33.8 Å². The molecule has 0 bridgehead atoms. The van der Waals surface area contributed by atoms with Crippen molar-refractivity contribution >= 4 is 0 Å². The fraction of sp³-hybridized carbons (Fsp3) is 1.00. The summed E-state index contributed by atoms with van der Waals surface area (Å²) >= 11 is 0. The normalized spacial score (nSPS) is 11.6. The van der Waals surface area contributed by atoms with E-state index in [4.69, 9.17) is 0 Å². The Morgan fingerprint density at radius 1 is 0.185 bits per heavy atom. The van der Waals surface area contributed by atoms with Gasteiger partial charge in [0.05, 0.1) is 55.4 Å². The third kappa shape index (κ3) is 64.4. The van der Waals surface area contributed by atoms with E-state index in [0.717, 1.165) is 8.97 Å². The highest BCUT2D eigenvalue weighted by Crippen LogP contribution is 2.17. The zero-order valence-corrected chi connectivity index (χ0v) is 40.9. The Kier molecular flexibility index (Phi) is 56.2. The van der Waals surface area contributed by atoms with Crippen LogP contribution in [0.4, 0.5) is 0 Å². The predicted octanol–water partition coefficient (Wildman–Crippen LogP) is 11.0. The minimum Gasteiger partial charge on any atom is -1.00 e. The van der Waals surface area contributed by atoms with E-state index in [1.165, 1.54) is 270 Å². The SMILES string of the molecule is CCCCCCCCCCCCCCCCCCCCCC[N+](C)(C)C.CCCCCCCCCCCCCCCCCCCCCC[N+](C)(C)C.[Cl-].[Cl-]. The molecule has 0 rings (SSSR count). The standard InChI is InChI=1S/2C25H54N.2ClH/c2*1-5-6-7-8-9-10-11-12-13-14-15-16-17-18-19-20-21-22-23-24-25-26(2,3)4;;/h2*5-25H2,1-4H3;2*1H/q2*+1;;/p-2. The van der Waals surface area contributed by atoms with Crippen molar-refractivity contribution in [1.82, 2.24) is 0 Å². The lowest BCUT2D eigenvalue weighted by Crippen LogP contribution is -3.00. The van der Waals surface area contributed by atoms with Crippen LogP contribution in [0.3, 0.4) is 0 Å². The summed E-state index contributed by atoms with van der Waals surface area (Å²) in [5.41, 5.74) is 0. The van der Waals surface area contributed by atoms with E-state index in [-0.39, 0.29) is 24.8 Å². The first kappa shape index (κ1) is 61.2. The number of unbranched alkanes of at least 4 members (excludes halogenated alkanes) is 38. The van der Waals surface area contributed by atoms with E-state index in [2.05, 4.69) is 56.1 Å². The van der Waals surface area contributed by atoms with Crippen molar-refractivity contribution in [3.8, 4) is 0 Å². The van der Waals surface area contributed by atoms with Crippen molar-refractivity contribution in [1.29, 1.82) is 0 Å². The molecule has 0 aliphatic heterocycles. The molecule has 0 aliphatic carbocycles. The van der Waals surface area contributed by atoms with E-state index in [1.807, 2.05) is 0 Å². The number of hydrogen-bond donors (Lipinski definition) is 0. The lowest BCUT2D eigenvalue weighted by atomic mass is 10.0. The van der Waals surface area contributed by atoms with Gasteiger partial charge < -0.3 is 33.8 Å². The van der Waals surface area contributed by atoms with E-state index in [9.17, 15) is 0 Å². The highest BCUT2D eigenvalue weighted by molar-refractivity contribution is 4.53. The summed E-state index contributed by atoms with van der Waals surface area (Å²) in [6.45, 7) is 7.27. The summed E-state index contributed by atoms with van der Waals surface area (Å²) in [5, 5.41) is 0. The molecule has 0 radical (unpaired) electrons. The molecule has 0 heterocycles. The van der Waals surface area contributed by atoms with Crippen molar-refractivity contribution in [2.24, 2.45) is 0 Å². The minimum absolute atomic E-state index is 0. The van der Waals surface area contributed by atoms with Crippen LogP contribution >= 0.6 is 0 Å². The molecule has 332 valence electrons. The van der Waals surface area contributed by atoms with Gasteiger partial charge in [-0.2, -0.15) is 0 Å². The van der Waals surface area contributed by atoms with Gasteiger partial charge in [-0.1, -0.05) is 245 Å². The average molecular weight is 808 g/mol. The molecule has 0 unspecified atom stereocenters. The van der Waals surface area contributed by atoms with Gasteiger partial charge in [0, 0.05) is 0 Å². The molecule has 0 aromatic heterocycles. The molecular weight excluding hydrogens is 699 g/mol. The van der Waals surface area contributed by atoms with Gasteiger partial charge in [0.25, 0.3) is 0 Å². The first-order valence-corrected chi connectivity index (χ1v) is 24.7. The summed E-state index contributed by atoms with van der Waals surface area (Å²) < 4.78 is 2.25. The lowest BCUT2D eigenvalue weighted by molar-refractivity contribution is -0.870. The molecule has 0 saturated heterocycles. The molecule has 0 aromatic carbocycles. The van der Waals surface area contributed by atoms with E-state index < -0.39 is 0 Å². The summed E-state index contributed by atoms with van der Waals surface area (Å²) in [4.78, 5) is 0. The van der Waals surface area contributed by atoms with Gasteiger partial charge in [-0.25, -0.2) is 0 Å². The van der Waals surface area contributed by atoms with E-state index in [1.54, 1.807) is 0 Å². The largest absolute Gasteiger partial charge is 1.00 e. The summed E-state index contributed by atoms with van der Waals surface area (Å²) in [6.07, 6.45) is 58.7. The maximum Gasteiger partial charge on any atom is 0.0780 e. The predicted molar refractivity (Wildman–Crippen MR) is 242 cm³/mol. The van der Waals surface area contributed by atoms with Gasteiger partial charge in [0.1, 0.15) is 0 Å². The maximum absolute atomic E-state index is 2.30. The maximum atomic E-state index is 2.30. The molecule has 4 heteroatoms. The van der Waals surface area contributed by atoms with Gasteiger partial charge in [-0.15, -0.1) is 0 Å². The van der Waals surface area contributed by atoms with E-state index in [0.29, 0.717) is 0 Å². The van der Waals surface area contributed by atoms with Crippen LogP contribution in [0.15, 0.2) is 0 Å². The number of nitrogens with zero attached hydrogens (tertiary/aromatic N) is 2. The molecule has 54 heavy (non-hydrogen) atoms. The highest BCUT2D eigenvalue weighted by atomic mass is 35.5.